The molecule has 3 rings (SSSR count). The van der Waals surface area contributed by atoms with Crippen molar-refractivity contribution in [2.75, 3.05) is 7.11 Å². The summed E-state index contributed by atoms with van der Waals surface area (Å²) in [6, 6.07) is 9.48. The van der Waals surface area contributed by atoms with Crippen molar-refractivity contribution in [2.24, 2.45) is 5.92 Å². The smallest absolute Gasteiger partial charge is 0.268 e. The number of hydrogen-bond donors (Lipinski definition) is 4. The third kappa shape index (κ3) is 5.42. The van der Waals surface area contributed by atoms with Crippen molar-refractivity contribution in [3.8, 4) is 11.8 Å². The summed E-state index contributed by atoms with van der Waals surface area (Å²) in [5.41, 5.74) is 1.76. The van der Waals surface area contributed by atoms with Gasteiger partial charge in [-0.1, -0.05) is 19.9 Å². The van der Waals surface area contributed by atoms with Gasteiger partial charge in [0, 0.05) is 23.5 Å². The molecule has 31 heavy (non-hydrogen) atoms. The molecule has 0 fully saturated rings. The van der Waals surface area contributed by atoms with Crippen LogP contribution in [0, 0.1) is 17.2 Å². The van der Waals surface area contributed by atoms with Crippen LogP contribution in [0.15, 0.2) is 36.5 Å². The monoisotopic (exact) mass is 422 g/mol. The van der Waals surface area contributed by atoms with Crippen LogP contribution >= 0.6 is 0 Å². The largest absolute Gasteiger partial charge is 0.496 e. The number of ether oxygens (including phenoxy) is 1. The molecule has 0 saturated heterocycles. The number of nitrogens with zero attached hydrogens (tertiary/aromatic N) is 2. The molecule has 2 heterocycles. The van der Waals surface area contributed by atoms with Crippen LogP contribution < -0.4 is 15.4 Å². The number of aromatic nitrogens is 3. The first-order valence-corrected chi connectivity index (χ1v) is 10.1. The van der Waals surface area contributed by atoms with Crippen LogP contribution in [-0.2, 0) is 11.2 Å². The first kappa shape index (κ1) is 21.9. The molecule has 9 nitrogen and oxygen atoms in total. The molecule has 0 aliphatic carbocycles. The van der Waals surface area contributed by atoms with Crippen molar-refractivity contribution in [2.45, 2.75) is 38.8 Å². The van der Waals surface area contributed by atoms with Gasteiger partial charge in [0.1, 0.15) is 23.5 Å². The highest BCUT2D eigenvalue weighted by atomic mass is 16.5. The number of carbonyl (C=O) groups excluding carboxylic acids is 2. The number of hydrogen-bond acceptors (Lipinski definition) is 5. The number of amides is 2. The second kappa shape index (κ2) is 9.80. The van der Waals surface area contributed by atoms with Crippen molar-refractivity contribution in [1.82, 2.24) is 25.8 Å². The summed E-state index contributed by atoms with van der Waals surface area (Å²) < 4.78 is 5.34. The van der Waals surface area contributed by atoms with E-state index in [1.54, 1.807) is 25.4 Å². The van der Waals surface area contributed by atoms with Crippen LogP contribution in [-0.4, -0.2) is 46.2 Å². The lowest BCUT2D eigenvalue weighted by Crippen LogP contribution is -2.50. The third-order valence-corrected chi connectivity index (χ3v) is 4.86. The number of nitrogens with one attached hydrogen (secondary N) is 4. The topological polar surface area (TPSA) is 136 Å². The Kier molecular flexibility index (Phi) is 6.92. The molecule has 0 bridgehead atoms. The van der Waals surface area contributed by atoms with Gasteiger partial charge in [0.2, 0.25) is 5.91 Å². The van der Waals surface area contributed by atoms with Crippen LogP contribution in [0.4, 0.5) is 0 Å². The molecule has 0 radical (unpaired) electrons. The van der Waals surface area contributed by atoms with Gasteiger partial charge in [-0.15, -0.1) is 0 Å². The van der Waals surface area contributed by atoms with E-state index in [0.717, 1.165) is 10.9 Å². The molecule has 0 aliphatic heterocycles. The van der Waals surface area contributed by atoms with Gasteiger partial charge in [0.25, 0.3) is 5.91 Å². The van der Waals surface area contributed by atoms with Gasteiger partial charge in [0.15, 0.2) is 0 Å². The predicted octanol–water partition coefficient (Wildman–Crippen LogP) is 2.30. The number of fused-ring (bicyclic) bond motifs is 1. The SMILES string of the molecule is COc1cccc2[nH]c(C(=O)N[C@@H](CC(C)C)C(=O)N[C@@H](C#N)Cc3cc[nH]n3)cc12. The highest BCUT2D eigenvalue weighted by Crippen LogP contribution is 2.26. The van der Waals surface area contributed by atoms with Crippen molar-refractivity contribution in [3.63, 3.8) is 0 Å². The fourth-order valence-electron chi connectivity index (χ4n) is 3.38. The van der Waals surface area contributed by atoms with E-state index in [-0.39, 0.29) is 12.3 Å². The maximum atomic E-state index is 12.9. The minimum absolute atomic E-state index is 0.158. The summed E-state index contributed by atoms with van der Waals surface area (Å²) in [5.74, 6) is 0.00271. The summed E-state index contributed by atoms with van der Waals surface area (Å²) in [5, 5.41) is 22.4. The lowest BCUT2D eigenvalue weighted by Gasteiger charge is -2.21. The van der Waals surface area contributed by atoms with E-state index in [2.05, 4.69) is 31.9 Å². The van der Waals surface area contributed by atoms with E-state index in [9.17, 15) is 14.9 Å². The van der Waals surface area contributed by atoms with Crippen molar-refractivity contribution in [1.29, 1.82) is 5.26 Å². The van der Waals surface area contributed by atoms with Crippen LogP contribution in [0.5, 0.6) is 5.75 Å². The molecule has 3 aromatic rings. The minimum Gasteiger partial charge on any atom is -0.496 e. The first-order valence-electron chi connectivity index (χ1n) is 10.1. The van der Waals surface area contributed by atoms with E-state index in [4.69, 9.17) is 4.74 Å². The molecular formula is C22H26N6O3. The predicted molar refractivity (Wildman–Crippen MR) is 115 cm³/mol. The molecule has 2 amide bonds. The molecule has 0 spiro atoms. The average molecular weight is 422 g/mol. The molecule has 162 valence electrons. The molecule has 4 N–H and O–H groups in total. The highest BCUT2D eigenvalue weighted by molar-refractivity contribution is 6.01. The van der Waals surface area contributed by atoms with Gasteiger partial charge < -0.3 is 20.4 Å². The second-order valence-corrected chi connectivity index (χ2v) is 7.72. The summed E-state index contributed by atoms with van der Waals surface area (Å²) >= 11 is 0. The first-order chi connectivity index (χ1) is 14.9. The van der Waals surface area contributed by atoms with Crippen LogP contribution in [0.3, 0.4) is 0 Å². The third-order valence-electron chi connectivity index (χ3n) is 4.86. The standard InChI is InChI=1S/C22H26N6O3/c1-13(2)9-18(21(29)25-15(12-23)10-14-7-8-24-28-14)27-22(30)19-11-16-17(26-19)5-4-6-20(16)31-3/h4-8,11,13,15,18,26H,9-10H2,1-3H3,(H,24,28)(H,25,29)(H,27,30)/t15-,18+/m1/s1. The fourth-order valence-corrected chi connectivity index (χ4v) is 3.38. The van der Waals surface area contributed by atoms with E-state index < -0.39 is 23.9 Å². The Balaban J connectivity index is 1.73. The quantitative estimate of drug-likeness (QED) is 0.419. The molecule has 9 heteroatoms. The Labute approximate surface area is 180 Å². The summed E-state index contributed by atoms with van der Waals surface area (Å²) in [6.45, 7) is 3.93. The van der Waals surface area contributed by atoms with Crippen molar-refractivity contribution >= 4 is 22.7 Å². The van der Waals surface area contributed by atoms with Crippen LogP contribution in [0.1, 0.15) is 36.5 Å². The number of nitriles is 1. The van der Waals surface area contributed by atoms with Gasteiger partial charge in [-0.2, -0.15) is 10.4 Å². The molecular weight excluding hydrogens is 396 g/mol. The Morgan fingerprint density at radius 3 is 2.71 bits per heavy atom. The van der Waals surface area contributed by atoms with E-state index in [1.165, 1.54) is 0 Å². The summed E-state index contributed by atoms with van der Waals surface area (Å²) in [7, 11) is 1.57. The molecule has 1 aromatic carbocycles. The second-order valence-electron chi connectivity index (χ2n) is 7.72. The van der Waals surface area contributed by atoms with Crippen LogP contribution in [0.25, 0.3) is 10.9 Å². The van der Waals surface area contributed by atoms with Crippen molar-refractivity contribution < 1.29 is 14.3 Å². The average Bonchev–Trinajstić information content (AvgIpc) is 3.41. The maximum Gasteiger partial charge on any atom is 0.268 e. The van der Waals surface area contributed by atoms with Crippen LogP contribution in [0.2, 0.25) is 0 Å². The van der Waals surface area contributed by atoms with Crippen molar-refractivity contribution in [3.05, 3.63) is 47.9 Å². The lowest BCUT2D eigenvalue weighted by atomic mass is 10.0. The Morgan fingerprint density at radius 2 is 2.06 bits per heavy atom. The maximum absolute atomic E-state index is 12.9. The zero-order chi connectivity index (χ0) is 22.4. The van der Waals surface area contributed by atoms with Gasteiger partial charge in [-0.25, -0.2) is 0 Å². The lowest BCUT2D eigenvalue weighted by molar-refractivity contribution is -0.123. The Morgan fingerprint density at radius 1 is 1.26 bits per heavy atom. The summed E-state index contributed by atoms with van der Waals surface area (Å²) in [4.78, 5) is 28.8. The number of benzene rings is 1. The summed E-state index contributed by atoms with van der Waals surface area (Å²) in [6.07, 6.45) is 2.36. The number of rotatable bonds is 9. The Hall–Kier alpha value is -3.80. The number of carbonyl (C=O) groups is 2. The van der Waals surface area contributed by atoms with Gasteiger partial charge in [-0.05, 0) is 36.6 Å². The highest BCUT2D eigenvalue weighted by Gasteiger charge is 2.26. The van der Waals surface area contributed by atoms with Gasteiger partial charge >= 0.3 is 0 Å². The normalized spacial score (nSPS) is 12.9. The molecule has 0 unspecified atom stereocenters. The number of H-pyrrole nitrogens is 2. The van der Waals surface area contributed by atoms with E-state index in [0.29, 0.717) is 23.6 Å². The zero-order valence-electron chi connectivity index (χ0n) is 17.7. The molecule has 2 atom stereocenters. The number of methoxy groups -OCH3 is 1. The van der Waals surface area contributed by atoms with E-state index in [1.807, 2.05) is 32.0 Å². The molecule has 2 aromatic heterocycles. The molecule has 0 saturated carbocycles. The van der Waals surface area contributed by atoms with Gasteiger partial charge in [0.05, 0.1) is 18.9 Å². The van der Waals surface area contributed by atoms with E-state index >= 15 is 0 Å². The van der Waals surface area contributed by atoms with Gasteiger partial charge in [-0.3, -0.25) is 14.7 Å². The zero-order valence-corrected chi connectivity index (χ0v) is 17.7. The fraction of sp³-hybridized carbons (Fsp3) is 0.364. The Bertz CT molecular complexity index is 1080. The number of aromatic amines is 2. The minimum atomic E-state index is -0.782. The molecule has 0 aliphatic rings.